The molecule has 2 aromatic carbocycles. The van der Waals surface area contributed by atoms with Crippen molar-refractivity contribution in [3.63, 3.8) is 0 Å². The number of hydrogen-bond donors (Lipinski definition) is 0. The molecule has 0 unspecified atom stereocenters. The van der Waals surface area contributed by atoms with E-state index in [2.05, 4.69) is 20.0 Å². The molecule has 0 atom stereocenters. The number of benzene rings is 2. The summed E-state index contributed by atoms with van der Waals surface area (Å²) < 4.78 is 49.8. The highest BCUT2D eigenvalue weighted by Crippen LogP contribution is 2.30. The normalized spacial score (nSPS) is 15.1. The maximum Gasteiger partial charge on any atom is 0.416 e. The van der Waals surface area contributed by atoms with Gasteiger partial charge in [-0.1, -0.05) is 29.4 Å². The molecule has 1 fully saturated rings. The van der Waals surface area contributed by atoms with E-state index in [1.807, 2.05) is 49.4 Å². The summed E-state index contributed by atoms with van der Waals surface area (Å²) >= 11 is 0. The standard InChI is InChI=1S/C28H27F3N4O2/c1-19-4-2-7-25(32-19)26-33-27(37-34-26)22-5-3-6-24(16-22)36-18-21-12-14-35(15-13-21)17-20-8-10-23(11-9-20)28(29,30)31/h2-11,16,21H,12-15,17-18H2,1H3. The maximum absolute atomic E-state index is 12.8. The molecule has 0 saturated carbocycles. The van der Waals surface area contributed by atoms with Crippen LogP contribution in [0.4, 0.5) is 13.2 Å². The lowest BCUT2D eigenvalue weighted by molar-refractivity contribution is -0.137. The average Bonchev–Trinajstić information content (AvgIpc) is 3.39. The van der Waals surface area contributed by atoms with Gasteiger partial charge >= 0.3 is 6.18 Å². The molecule has 0 N–H and O–H groups in total. The topological polar surface area (TPSA) is 64.3 Å². The minimum atomic E-state index is -4.30. The monoisotopic (exact) mass is 508 g/mol. The van der Waals surface area contributed by atoms with E-state index in [0.717, 1.165) is 60.6 Å². The third-order valence-corrected chi connectivity index (χ3v) is 6.50. The number of nitrogens with zero attached hydrogens (tertiary/aromatic N) is 4. The Bertz CT molecular complexity index is 1330. The smallest absolute Gasteiger partial charge is 0.416 e. The van der Waals surface area contributed by atoms with E-state index in [-0.39, 0.29) is 0 Å². The number of ether oxygens (including phenoxy) is 1. The molecule has 0 amide bonds. The number of aryl methyl sites for hydroxylation is 1. The lowest BCUT2D eigenvalue weighted by Gasteiger charge is -2.32. The van der Waals surface area contributed by atoms with E-state index in [4.69, 9.17) is 9.26 Å². The molecule has 0 bridgehead atoms. The van der Waals surface area contributed by atoms with Gasteiger partial charge in [0, 0.05) is 17.8 Å². The van der Waals surface area contributed by atoms with Crippen molar-refractivity contribution in [2.24, 2.45) is 5.92 Å². The number of likely N-dealkylation sites (tertiary alicyclic amines) is 1. The number of pyridine rings is 1. The van der Waals surface area contributed by atoms with Gasteiger partial charge in [0.1, 0.15) is 11.4 Å². The van der Waals surface area contributed by atoms with Gasteiger partial charge < -0.3 is 9.26 Å². The summed E-state index contributed by atoms with van der Waals surface area (Å²) in [6, 6.07) is 18.7. The molecule has 2 aromatic heterocycles. The van der Waals surface area contributed by atoms with Crippen LogP contribution in [-0.2, 0) is 12.7 Å². The van der Waals surface area contributed by atoms with E-state index < -0.39 is 11.7 Å². The van der Waals surface area contributed by atoms with Crippen LogP contribution >= 0.6 is 0 Å². The Morgan fingerprint density at radius 1 is 0.973 bits per heavy atom. The molecule has 1 saturated heterocycles. The summed E-state index contributed by atoms with van der Waals surface area (Å²) in [6.07, 6.45) is -2.36. The molecule has 4 aromatic rings. The van der Waals surface area contributed by atoms with Crippen LogP contribution in [0.5, 0.6) is 5.75 Å². The largest absolute Gasteiger partial charge is 0.493 e. The van der Waals surface area contributed by atoms with Crippen molar-refractivity contribution in [1.82, 2.24) is 20.0 Å². The fourth-order valence-electron chi connectivity index (χ4n) is 4.41. The van der Waals surface area contributed by atoms with Gasteiger partial charge in [0.15, 0.2) is 0 Å². The molecule has 192 valence electrons. The highest BCUT2D eigenvalue weighted by atomic mass is 19.4. The second-order valence-electron chi connectivity index (χ2n) is 9.34. The molecule has 0 spiro atoms. The second-order valence-corrected chi connectivity index (χ2v) is 9.34. The molecular formula is C28H27F3N4O2. The Hall–Kier alpha value is -3.72. The van der Waals surface area contributed by atoms with Crippen LogP contribution in [0.3, 0.4) is 0 Å². The Balaban J connectivity index is 1.12. The second kappa shape index (κ2) is 10.7. The average molecular weight is 509 g/mol. The van der Waals surface area contributed by atoms with E-state index in [1.165, 1.54) is 0 Å². The summed E-state index contributed by atoms with van der Waals surface area (Å²) in [5.41, 5.74) is 2.59. The summed E-state index contributed by atoms with van der Waals surface area (Å²) in [5, 5.41) is 4.06. The number of alkyl halides is 3. The van der Waals surface area contributed by atoms with Gasteiger partial charge in [-0.25, -0.2) is 4.98 Å². The van der Waals surface area contributed by atoms with Crippen LogP contribution in [-0.4, -0.2) is 39.7 Å². The van der Waals surface area contributed by atoms with Crippen molar-refractivity contribution in [2.45, 2.75) is 32.5 Å². The molecule has 37 heavy (non-hydrogen) atoms. The fraction of sp³-hybridized carbons (Fsp3) is 0.321. The van der Waals surface area contributed by atoms with Crippen LogP contribution in [0.1, 0.15) is 29.7 Å². The van der Waals surface area contributed by atoms with Gasteiger partial charge in [-0.05, 0) is 86.8 Å². The van der Waals surface area contributed by atoms with E-state index in [9.17, 15) is 13.2 Å². The summed E-state index contributed by atoms with van der Waals surface area (Å²) in [5.74, 6) is 1.99. The molecule has 9 heteroatoms. The van der Waals surface area contributed by atoms with Gasteiger partial charge in [-0.15, -0.1) is 0 Å². The van der Waals surface area contributed by atoms with Crippen LogP contribution in [0.25, 0.3) is 23.0 Å². The van der Waals surface area contributed by atoms with E-state index >= 15 is 0 Å². The zero-order chi connectivity index (χ0) is 25.8. The first-order chi connectivity index (χ1) is 17.8. The van der Waals surface area contributed by atoms with Crippen molar-refractivity contribution >= 4 is 0 Å². The molecule has 0 aliphatic carbocycles. The first-order valence-corrected chi connectivity index (χ1v) is 12.2. The Kier molecular flexibility index (Phi) is 7.23. The predicted octanol–water partition coefficient (Wildman–Crippen LogP) is 6.42. The molecule has 6 nitrogen and oxygen atoms in total. The van der Waals surface area contributed by atoms with Gasteiger partial charge in [0.2, 0.25) is 5.82 Å². The lowest BCUT2D eigenvalue weighted by atomic mass is 9.97. The highest BCUT2D eigenvalue weighted by molar-refractivity contribution is 5.59. The Morgan fingerprint density at radius 3 is 2.46 bits per heavy atom. The van der Waals surface area contributed by atoms with Crippen LogP contribution in [0.2, 0.25) is 0 Å². The number of hydrogen-bond acceptors (Lipinski definition) is 6. The molecule has 1 aliphatic heterocycles. The maximum atomic E-state index is 12.8. The summed E-state index contributed by atoms with van der Waals surface area (Å²) in [7, 11) is 0. The zero-order valence-electron chi connectivity index (χ0n) is 20.4. The SMILES string of the molecule is Cc1cccc(-c2noc(-c3cccc(OCC4CCN(Cc5ccc(C(F)(F)F)cc5)CC4)c3)n2)n1. The van der Waals surface area contributed by atoms with Gasteiger partial charge in [-0.2, -0.15) is 18.2 Å². The highest BCUT2D eigenvalue weighted by Gasteiger charge is 2.30. The molecule has 1 aliphatic rings. The third-order valence-electron chi connectivity index (χ3n) is 6.50. The van der Waals surface area contributed by atoms with Gasteiger partial charge in [0.05, 0.1) is 12.2 Å². The predicted molar refractivity (Wildman–Crippen MR) is 133 cm³/mol. The number of aromatic nitrogens is 3. The van der Waals surface area contributed by atoms with Crippen molar-refractivity contribution in [2.75, 3.05) is 19.7 Å². The van der Waals surface area contributed by atoms with Crippen LogP contribution < -0.4 is 4.74 Å². The van der Waals surface area contributed by atoms with E-state index in [1.54, 1.807) is 12.1 Å². The number of halogens is 3. The Morgan fingerprint density at radius 2 is 1.73 bits per heavy atom. The first-order valence-electron chi connectivity index (χ1n) is 12.2. The third kappa shape index (κ3) is 6.35. The fourth-order valence-corrected chi connectivity index (χ4v) is 4.41. The van der Waals surface area contributed by atoms with E-state index in [0.29, 0.717) is 36.5 Å². The molecule has 5 rings (SSSR count). The molecule has 3 heterocycles. The minimum Gasteiger partial charge on any atom is -0.493 e. The summed E-state index contributed by atoms with van der Waals surface area (Å²) in [6.45, 7) is 4.92. The van der Waals surface area contributed by atoms with Crippen molar-refractivity contribution < 1.29 is 22.4 Å². The van der Waals surface area contributed by atoms with Crippen molar-refractivity contribution in [3.05, 3.63) is 83.6 Å². The number of rotatable bonds is 7. The quantitative estimate of drug-likeness (QED) is 0.287. The van der Waals surface area contributed by atoms with Gasteiger partial charge in [0.25, 0.3) is 5.89 Å². The molecular weight excluding hydrogens is 481 g/mol. The summed E-state index contributed by atoms with van der Waals surface area (Å²) in [4.78, 5) is 11.2. The van der Waals surface area contributed by atoms with Crippen molar-refractivity contribution in [1.29, 1.82) is 0 Å². The Labute approximate surface area is 213 Å². The first kappa shape index (κ1) is 25.0. The van der Waals surface area contributed by atoms with Crippen LogP contribution in [0.15, 0.2) is 71.3 Å². The van der Waals surface area contributed by atoms with Crippen molar-refractivity contribution in [3.8, 4) is 28.7 Å². The zero-order valence-corrected chi connectivity index (χ0v) is 20.4. The van der Waals surface area contributed by atoms with Gasteiger partial charge in [-0.3, -0.25) is 4.90 Å². The minimum absolute atomic E-state index is 0.403. The number of piperidine rings is 1. The lowest BCUT2D eigenvalue weighted by Crippen LogP contribution is -2.35. The molecule has 0 radical (unpaired) electrons. The van der Waals surface area contributed by atoms with Crippen LogP contribution in [0, 0.1) is 12.8 Å².